The zero-order valence-electron chi connectivity index (χ0n) is 11.6. The molecule has 2 N–H and O–H groups in total. The molecule has 4 nitrogen and oxygen atoms in total. The fourth-order valence-corrected chi connectivity index (χ4v) is 3.44. The van der Waals surface area contributed by atoms with Crippen LogP contribution in [0, 0.1) is 0 Å². The lowest BCUT2D eigenvalue weighted by Crippen LogP contribution is -2.37. The Morgan fingerprint density at radius 3 is 2.62 bits per heavy atom. The first-order valence-electron chi connectivity index (χ1n) is 6.67. The lowest BCUT2D eigenvalue weighted by atomic mass is 10.2. The number of carbonyl (C=O) groups excluding carboxylic acids is 1. The van der Waals surface area contributed by atoms with Gasteiger partial charge in [0.1, 0.15) is 0 Å². The molecule has 0 aliphatic heterocycles. The Labute approximate surface area is 131 Å². The molecule has 6 heteroatoms. The predicted octanol–water partition coefficient (Wildman–Crippen LogP) is 2.50. The summed E-state index contributed by atoms with van der Waals surface area (Å²) in [4.78, 5) is 12.7. The molecule has 1 aromatic heterocycles. The molecule has 2 amide bonds. The highest BCUT2D eigenvalue weighted by molar-refractivity contribution is 7.84. The Morgan fingerprint density at radius 1 is 1.10 bits per heavy atom. The summed E-state index contributed by atoms with van der Waals surface area (Å²) < 4.78 is 11.9. The lowest BCUT2D eigenvalue weighted by molar-refractivity contribution is 0.241. The van der Waals surface area contributed by atoms with Crippen LogP contribution in [0.5, 0.6) is 0 Å². The Kier molecular flexibility index (Phi) is 6.43. The maximum atomic E-state index is 11.9. The van der Waals surface area contributed by atoms with Gasteiger partial charge in [-0.2, -0.15) is 0 Å². The largest absolute Gasteiger partial charge is 0.337 e. The van der Waals surface area contributed by atoms with E-state index in [0.717, 1.165) is 10.4 Å². The third-order valence-electron chi connectivity index (χ3n) is 2.79. The van der Waals surface area contributed by atoms with E-state index in [2.05, 4.69) is 10.6 Å². The molecule has 1 heterocycles. The number of hydrogen-bond acceptors (Lipinski definition) is 3. The smallest absolute Gasteiger partial charge is 0.315 e. The molecule has 0 saturated carbocycles. The lowest BCUT2D eigenvalue weighted by Gasteiger charge is -2.07. The Morgan fingerprint density at radius 2 is 1.90 bits per heavy atom. The quantitative estimate of drug-likeness (QED) is 0.823. The molecular weight excluding hydrogens is 304 g/mol. The second-order valence-electron chi connectivity index (χ2n) is 4.46. The first kappa shape index (κ1) is 15.7. The highest BCUT2D eigenvalue weighted by Crippen LogP contribution is 2.07. The van der Waals surface area contributed by atoms with Crippen LogP contribution in [0.25, 0.3) is 0 Å². The molecule has 1 atom stereocenters. The van der Waals surface area contributed by atoms with E-state index in [1.54, 1.807) is 11.3 Å². The van der Waals surface area contributed by atoms with Crippen molar-refractivity contribution in [2.75, 3.05) is 12.3 Å². The van der Waals surface area contributed by atoms with Crippen molar-refractivity contribution in [3.63, 3.8) is 0 Å². The number of hydrogen-bond donors (Lipinski definition) is 2. The van der Waals surface area contributed by atoms with Crippen LogP contribution < -0.4 is 10.6 Å². The van der Waals surface area contributed by atoms with E-state index in [0.29, 0.717) is 24.6 Å². The molecule has 0 radical (unpaired) electrons. The monoisotopic (exact) mass is 322 g/mol. The number of urea groups is 1. The number of thiophene rings is 1. The van der Waals surface area contributed by atoms with Crippen molar-refractivity contribution in [1.82, 2.24) is 10.6 Å². The number of benzene rings is 1. The molecule has 2 aromatic rings. The molecule has 2 rings (SSSR count). The summed E-state index contributed by atoms with van der Waals surface area (Å²) in [6, 6.07) is 13.4. The normalized spacial score (nSPS) is 11.8. The fourth-order valence-electron chi connectivity index (χ4n) is 1.75. The zero-order chi connectivity index (χ0) is 14.9. The second kappa shape index (κ2) is 8.59. The van der Waals surface area contributed by atoms with E-state index in [1.165, 1.54) is 0 Å². The topological polar surface area (TPSA) is 58.2 Å². The molecule has 1 aromatic carbocycles. The molecule has 0 bridgehead atoms. The Bertz CT molecular complexity index is 571. The molecule has 0 aliphatic rings. The highest BCUT2D eigenvalue weighted by atomic mass is 32.2. The third-order valence-corrected chi connectivity index (χ3v) is 4.98. The van der Waals surface area contributed by atoms with Gasteiger partial charge in [-0.3, -0.25) is 4.21 Å². The summed E-state index contributed by atoms with van der Waals surface area (Å²) in [5.74, 6) is 0.987. The van der Waals surface area contributed by atoms with Gasteiger partial charge in [-0.05, 0) is 17.0 Å². The maximum absolute atomic E-state index is 11.9. The molecular formula is C15H18N2O2S2. The summed E-state index contributed by atoms with van der Waals surface area (Å²) in [6.45, 7) is 0.937. The van der Waals surface area contributed by atoms with E-state index >= 15 is 0 Å². The summed E-state index contributed by atoms with van der Waals surface area (Å²) >= 11 is 1.60. The Balaban J connectivity index is 1.60. The van der Waals surface area contributed by atoms with Gasteiger partial charge in [-0.15, -0.1) is 11.3 Å². The van der Waals surface area contributed by atoms with Crippen LogP contribution in [0.3, 0.4) is 0 Å². The number of nitrogens with one attached hydrogen (secondary N) is 2. The van der Waals surface area contributed by atoms with E-state index < -0.39 is 10.8 Å². The minimum Gasteiger partial charge on any atom is -0.337 e. The van der Waals surface area contributed by atoms with Crippen molar-refractivity contribution in [2.45, 2.75) is 12.3 Å². The predicted molar refractivity (Wildman–Crippen MR) is 87.7 cm³/mol. The van der Waals surface area contributed by atoms with Gasteiger partial charge in [0, 0.05) is 33.7 Å². The van der Waals surface area contributed by atoms with Crippen molar-refractivity contribution >= 4 is 28.2 Å². The van der Waals surface area contributed by atoms with E-state index in [4.69, 9.17) is 0 Å². The van der Waals surface area contributed by atoms with Crippen molar-refractivity contribution < 1.29 is 9.00 Å². The molecule has 1 unspecified atom stereocenters. The summed E-state index contributed by atoms with van der Waals surface area (Å²) in [7, 11) is -0.961. The number of amides is 2. The van der Waals surface area contributed by atoms with Crippen LogP contribution in [0.4, 0.5) is 4.79 Å². The molecule has 0 aliphatic carbocycles. The van der Waals surface area contributed by atoms with Crippen LogP contribution in [-0.4, -0.2) is 22.5 Å². The molecule has 21 heavy (non-hydrogen) atoms. The van der Waals surface area contributed by atoms with Gasteiger partial charge in [-0.25, -0.2) is 4.79 Å². The third kappa shape index (κ3) is 6.10. The summed E-state index contributed by atoms with van der Waals surface area (Å²) in [6.07, 6.45) is 0. The van der Waals surface area contributed by atoms with Crippen molar-refractivity contribution in [1.29, 1.82) is 0 Å². The van der Waals surface area contributed by atoms with Crippen LogP contribution in [0.15, 0.2) is 47.8 Å². The number of rotatable bonds is 7. The summed E-state index contributed by atoms with van der Waals surface area (Å²) in [5.41, 5.74) is 1.05. The fraction of sp³-hybridized carbons (Fsp3) is 0.267. The van der Waals surface area contributed by atoms with Crippen LogP contribution >= 0.6 is 11.3 Å². The van der Waals surface area contributed by atoms with Gasteiger partial charge in [-0.1, -0.05) is 36.4 Å². The van der Waals surface area contributed by atoms with Gasteiger partial charge < -0.3 is 10.6 Å². The van der Waals surface area contributed by atoms with Gasteiger partial charge in [0.15, 0.2) is 0 Å². The SMILES string of the molecule is O=C(NCCS(=O)Cc1ccccc1)NCc1cccs1. The van der Waals surface area contributed by atoms with Crippen LogP contribution in [0.2, 0.25) is 0 Å². The Hall–Kier alpha value is -1.66. The second-order valence-corrected chi connectivity index (χ2v) is 7.07. The maximum Gasteiger partial charge on any atom is 0.315 e. The van der Waals surface area contributed by atoms with Gasteiger partial charge in [0.2, 0.25) is 0 Å². The molecule has 112 valence electrons. The summed E-state index contributed by atoms with van der Waals surface area (Å²) in [5, 5.41) is 7.47. The highest BCUT2D eigenvalue weighted by Gasteiger charge is 2.04. The molecule has 0 fully saturated rings. The molecule has 0 saturated heterocycles. The van der Waals surface area contributed by atoms with Crippen LogP contribution in [-0.2, 0) is 23.1 Å². The standard InChI is InChI=1S/C15H18N2O2S2/c18-15(17-11-14-7-4-9-20-14)16-8-10-21(19)12-13-5-2-1-3-6-13/h1-7,9H,8,10-12H2,(H2,16,17,18). The van der Waals surface area contributed by atoms with E-state index in [1.807, 2.05) is 47.8 Å². The first-order chi connectivity index (χ1) is 10.2. The van der Waals surface area contributed by atoms with Gasteiger partial charge in [0.25, 0.3) is 0 Å². The first-order valence-corrected chi connectivity index (χ1v) is 9.04. The zero-order valence-corrected chi connectivity index (χ0v) is 13.2. The van der Waals surface area contributed by atoms with Crippen molar-refractivity contribution in [3.05, 3.63) is 58.3 Å². The van der Waals surface area contributed by atoms with E-state index in [-0.39, 0.29) is 6.03 Å². The van der Waals surface area contributed by atoms with Gasteiger partial charge in [0.05, 0.1) is 6.54 Å². The van der Waals surface area contributed by atoms with Crippen molar-refractivity contribution in [2.24, 2.45) is 0 Å². The van der Waals surface area contributed by atoms with Crippen molar-refractivity contribution in [3.8, 4) is 0 Å². The minimum absolute atomic E-state index is 0.222. The average molecular weight is 322 g/mol. The minimum atomic E-state index is -0.961. The molecule has 0 spiro atoms. The number of carbonyl (C=O) groups is 1. The van der Waals surface area contributed by atoms with Crippen LogP contribution in [0.1, 0.15) is 10.4 Å². The van der Waals surface area contributed by atoms with E-state index in [9.17, 15) is 9.00 Å². The van der Waals surface area contributed by atoms with Gasteiger partial charge >= 0.3 is 6.03 Å². The average Bonchev–Trinajstić information content (AvgIpc) is 2.99.